The molecule has 0 aliphatic carbocycles. The maximum Gasteiger partial charge on any atom is 0.276 e. The molecule has 2 aliphatic heterocycles. The summed E-state index contributed by atoms with van der Waals surface area (Å²) in [5.74, 6) is -3.66. The molecule has 0 radical (unpaired) electrons. The van der Waals surface area contributed by atoms with Gasteiger partial charge >= 0.3 is 0 Å². The van der Waals surface area contributed by atoms with Crippen LogP contribution in [0.1, 0.15) is 39.8 Å². The second kappa shape index (κ2) is 7.77. The van der Waals surface area contributed by atoms with Gasteiger partial charge in [-0.25, -0.2) is 8.78 Å². The Hall–Kier alpha value is -3.27. The van der Waals surface area contributed by atoms with Crippen LogP contribution in [0.25, 0.3) is 0 Å². The van der Waals surface area contributed by atoms with E-state index in [0.717, 1.165) is 19.0 Å². The van der Waals surface area contributed by atoms with Gasteiger partial charge in [-0.3, -0.25) is 19.3 Å². The Morgan fingerprint density at radius 2 is 2.03 bits per heavy atom. The molecule has 0 saturated carbocycles. The molecule has 164 valence electrons. The predicted molar refractivity (Wildman–Crippen MR) is 107 cm³/mol. The van der Waals surface area contributed by atoms with Crippen molar-refractivity contribution in [3.8, 4) is 5.75 Å². The first-order valence-corrected chi connectivity index (χ1v) is 9.90. The number of benzene rings is 1. The van der Waals surface area contributed by atoms with Crippen molar-refractivity contribution >= 4 is 11.8 Å². The lowest BCUT2D eigenvalue weighted by atomic mass is 10.0. The third kappa shape index (κ3) is 3.56. The minimum atomic E-state index is -0.979. The summed E-state index contributed by atoms with van der Waals surface area (Å²) in [5.41, 5.74) is -1.45. The molecule has 1 saturated heterocycles. The van der Waals surface area contributed by atoms with Crippen molar-refractivity contribution in [3.05, 3.63) is 63.1 Å². The largest absolute Gasteiger partial charge is 0.503 e. The number of fused-ring (bicyclic) bond motifs is 2. The Bertz CT molecular complexity index is 1130. The van der Waals surface area contributed by atoms with Crippen LogP contribution in [0.15, 0.2) is 29.2 Å². The van der Waals surface area contributed by atoms with Crippen LogP contribution in [0.4, 0.5) is 8.78 Å². The highest BCUT2D eigenvalue weighted by molar-refractivity contribution is 5.99. The van der Waals surface area contributed by atoms with E-state index < -0.39 is 34.6 Å². The first-order valence-electron chi connectivity index (χ1n) is 9.90. The summed E-state index contributed by atoms with van der Waals surface area (Å²) >= 11 is 0. The third-order valence-electron chi connectivity index (χ3n) is 5.96. The maximum atomic E-state index is 13.8. The van der Waals surface area contributed by atoms with E-state index in [-0.39, 0.29) is 42.1 Å². The number of hydrogen-bond donors (Lipinski definition) is 2. The van der Waals surface area contributed by atoms with E-state index in [4.69, 9.17) is 0 Å². The van der Waals surface area contributed by atoms with Crippen LogP contribution >= 0.6 is 0 Å². The molecule has 1 fully saturated rings. The van der Waals surface area contributed by atoms with Crippen LogP contribution in [0, 0.1) is 11.6 Å². The van der Waals surface area contributed by atoms with Gasteiger partial charge in [-0.2, -0.15) is 0 Å². The molecule has 1 aromatic carbocycles. The average molecular weight is 432 g/mol. The topological polar surface area (TPSA) is 94.9 Å². The normalized spacial score (nSPS) is 20.9. The molecule has 10 heteroatoms. The van der Waals surface area contributed by atoms with E-state index in [0.29, 0.717) is 6.07 Å². The summed E-state index contributed by atoms with van der Waals surface area (Å²) in [5, 5.41) is 12.9. The van der Waals surface area contributed by atoms with Gasteiger partial charge in [-0.05, 0) is 26.5 Å². The molecule has 3 heterocycles. The Morgan fingerprint density at radius 1 is 1.29 bits per heavy atom. The molecule has 0 spiro atoms. The van der Waals surface area contributed by atoms with Crippen molar-refractivity contribution in [2.45, 2.75) is 38.6 Å². The maximum absolute atomic E-state index is 13.8. The fraction of sp³-hybridized carbons (Fsp3) is 0.381. The zero-order chi connectivity index (χ0) is 22.4. The van der Waals surface area contributed by atoms with Gasteiger partial charge in [0, 0.05) is 37.0 Å². The molecular weight excluding hydrogens is 410 g/mol. The Kier molecular flexibility index (Phi) is 5.26. The number of nitrogens with one attached hydrogen (secondary N) is 1. The third-order valence-corrected chi connectivity index (χ3v) is 5.96. The minimum Gasteiger partial charge on any atom is -0.503 e. The van der Waals surface area contributed by atoms with Crippen LogP contribution in [0.3, 0.4) is 0 Å². The van der Waals surface area contributed by atoms with E-state index in [2.05, 4.69) is 5.32 Å². The highest BCUT2D eigenvalue weighted by Crippen LogP contribution is 2.30. The SMILES string of the molecule is C[C@H]1CCN(C)[C@@H]2Cn3cc(C(=O)NCc4ccc(F)cc4F)c(=O)c(O)c3C(=O)N12. The number of carbonyl (C=O) groups excluding carboxylic acids is 2. The van der Waals surface area contributed by atoms with Crippen molar-refractivity contribution < 1.29 is 23.5 Å². The Morgan fingerprint density at radius 3 is 2.74 bits per heavy atom. The van der Waals surface area contributed by atoms with Crippen LogP contribution in [0.2, 0.25) is 0 Å². The second-order valence-electron chi connectivity index (χ2n) is 7.95. The number of amides is 2. The number of pyridine rings is 1. The van der Waals surface area contributed by atoms with Gasteiger partial charge < -0.3 is 19.9 Å². The van der Waals surface area contributed by atoms with Crippen LogP contribution in [-0.2, 0) is 13.1 Å². The Balaban J connectivity index is 1.64. The number of carbonyl (C=O) groups is 2. The van der Waals surface area contributed by atoms with E-state index in [9.17, 15) is 28.3 Å². The number of nitrogens with zero attached hydrogens (tertiary/aromatic N) is 3. The number of aromatic nitrogens is 1. The fourth-order valence-electron chi connectivity index (χ4n) is 4.16. The molecule has 2 N–H and O–H groups in total. The van der Waals surface area contributed by atoms with Gasteiger partial charge in [0.05, 0.1) is 6.54 Å². The summed E-state index contributed by atoms with van der Waals surface area (Å²) in [6.07, 6.45) is 1.75. The van der Waals surface area contributed by atoms with Crippen molar-refractivity contribution in [1.82, 2.24) is 19.7 Å². The van der Waals surface area contributed by atoms with Crippen molar-refractivity contribution in [3.63, 3.8) is 0 Å². The number of hydrogen-bond acceptors (Lipinski definition) is 5. The molecule has 2 atom stereocenters. The first kappa shape index (κ1) is 21.0. The molecule has 4 rings (SSSR count). The predicted octanol–water partition coefficient (Wildman–Crippen LogP) is 1.27. The molecule has 8 nitrogen and oxygen atoms in total. The van der Waals surface area contributed by atoms with E-state index >= 15 is 0 Å². The number of rotatable bonds is 3. The highest BCUT2D eigenvalue weighted by Gasteiger charge is 2.42. The smallest absolute Gasteiger partial charge is 0.276 e. The molecule has 31 heavy (non-hydrogen) atoms. The highest BCUT2D eigenvalue weighted by atomic mass is 19.1. The summed E-state index contributed by atoms with van der Waals surface area (Å²) in [6, 6.07) is 2.89. The lowest BCUT2D eigenvalue weighted by Crippen LogP contribution is -2.62. The van der Waals surface area contributed by atoms with Crippen LogP contribution < -0.4 is 10.7 Å². The summed E-state index contributed by atoms with van der Waals surface area (Å²) in [7, 11) is 1.88. The molecule has 2 aliphatic rings. The molecular formula is C21H22F2N4O4. The van der Waals surface area contributed by atoms with Gasteiger partial charge in [0.1, 0.15) is 23.4 Å². The number of aromatic hydroxyl groups is 1. The zero-order valence-electron chi connectivity index (χ0n) is 17.1. The fourth-order valence-corrected chi connectivity index (χ4v) is 4.16. The van der Waals surface area contributed by atoms with Gasteiger partial charge in [0.2, 0.25) is 5.43 Å². The van der Waals surface area contributed by atoms with Gasteiger partial charge in [0.25, 0.3) is 11.8 Å². The summed E-state index contributed by atoms with van der Waals surface area (Å²) in [6.45, 7) is 2.71. The number of halogens is 2. The zero-order valence-corrected chi connectivity index (χ0v) is 17.1. The van der Waals surface area contributed by atoms with Gasteiger partial charge in [-0.15, -0.1) is 0 Å². The van der Waals surface area contributed by atoms with Crippen molar-refractivity contribution in [1.29, 1.82) is 0 Å². The molecule has 2 amide bonds. The lowest BCUT2D eigenvalue weighted by molar-refractivity contribution is -0.0209. The van der Waals surface area contributed by atoms with Gasteiger partial charge in [-0.1, -0.05) is 6.07 Å². The van der Waals surface area contributed by atoms with Crippen LogP contribution in [-0.4, -0.2) is 57.1 Å². The Labute approximate surface area is 176 Å². The first-order chi connectivity index (χ1) is 14.7. The van der Waals surface area contributed by atoms with Crippen LogP contribution in [0.5, 0.6) is 5.75 Å². The lowest BCUT2D eigenvalue weighted by Gasteiger charge is -2.49. The second-order valence-corrected chi connectivity index (χ2v) is 7.95. The molecule has 0 unspecified atom stereocenters. The molecule has 1 aromatic heterocycles. The minimum absolute atomic E-state index is 0.0423. The monoisotopic (exact) mass is 432 g/mol. The van der Waals surface area contributed by atoms with E-state index in [1.807, 2.05) is 18.9 Å². The standard InChI is InChI=1S/C21H22F2N4O4/c1-11-5-6-25(2)16-10-26-9-14(18(28)19(29)17(26)21(31)27(11)16)20(30)24-8-12-3-4-13(22)7-15(12)23/h3-4,7,9,11,16,29H,5-6,8,10H2,1-2H3,(H,24,30)/t11-,16-/m0/s1. The van der Waals surface area contributed by atoms with E-state index in [1.165, 1.54) is 16.8 Å². The average Bonchev–Trinajstić information content (AvgIpc) is 2.72. The molecule has 0 bridgehead atoms. The molecule has 2 aromatic rings. The summed E-state index contributed by atoms with van der Waals surface area (Å²) in [4.78, 5) is 41.9. The summed E-state index contributed by atoms with van der Waals surface area (Å²) < 4.78 is 28.3. The van der Waals surface area contributed by atoms with E-state index in [1.54, 1.807) is 4.90 Å². The number of likely N-dealkylation sites (N-methyl/N-ethyl adjacent to an activating group) is 1. The van der Waals surface area contributed by atoms with Crippen molar-refractivity contribution in [2.24, 2.45) is 0 Å². The van der Waals surface area contributed by atoms with Gasteiger partial charge in [0.15, 0.2) is 11.4 Å². The van der Waals surface area contributed by atoms with Crippen molar-refractivity contribution in [2.75, 3.05) is 13.6 Å². The quantitative estimate of drug-likeness (QED) is 0.762.